The molecule has 0 saturated heterocycles. The molecule has 0 spiro atoms. The van der Waals surface area contributed by atoms with E-state index in [1.807, 2.05) is 0 Å². The van der Waals surface area contributed by atoms with E-state index in [-0.39, 0.29) is 16.8 Å². The van der Waals surface area contributed by atoms with Crippen LogP contribution in [0.5, 0.6) is 0 Å². The van der Waals surface area contributed by atoms with Crippen molar-refractivity contribution in [2.45, 2.75) is 13.1 Å². The summed E-state index contributed by atoms with van der Waals surface area (Å²) in [5.74, 6) is -1.42. The van der Waals surface area contributed by atoms with Crippen molar-refractivity contribution in [1.82, 2.24) is 4.98 Å². The maximum atomic E-state index is 12.8. The minimum atomic E-state index is -4.50. The van der Waals surface area contributed by atoms with E-state index in [0.717, 1.165) is 18.3 Å². The van der Waals surface area contributed by atoms with Crippen LogP contribution < -0.4 is 5.32 Å². The van der Waals surface area contributed by atoms with Crippen LogP contribution in [0.15, 0.2) is 36.5 Å². The van der Waals surface area contributed by atoms with Gasteiger partial charge in [0.25, 0.3) is 5.91 Å². The molecule has 0 bridgehead atoms. The highest BCUT2D eigenvalue weighted by Crippen LogP contribution is 2.33. The molecule has 0 atom stereocenters. The number of carbonyl (C=O) groups excluding carboxylic acids is 1. The van der Waals surface area contributed by atoms with E-state index in [9.17, 15) is 22.4 Å². The van der Waals surface area contributed by atoms with E-state index in [2.05, 4.69) is 10.3 Å². The van der Waals surface area contributed by atoms with Crippen LogP contribution in [0.2, 0.25) is 0 Å². The lowest BCUT2D eigenvalue weighted by molar-refractivity contribution is -0.138. The van der Waals surface area contributed by atoms with Crippen molar-refractivity contribution < 1.29 is 22.4 Å². The van der Waals surface area contributed by atoms with Gasteiger partial charge < -0.3 is 5.32 Å². The Hall–Kier alpha value is -2.44. The van der Waals surface area contributed by atoms with Crippen LogP contribution in [0, 0.1) is 12.9 Å². The van der Waals surface area contributed by atoms with Gasteiger partial charge >= 0.3 is 6.18 Å². The second-order valence-corrected chi connectivity index (χ2v) is 4.35. The lowest BCUT2D eigenvalue weighted by Gasteiger charge is -2.12. The van der Waals surface area contributed by atoms with Crippen LogP contribution in [0.4, 0.5) is 23.2 Å². The molecule has 1 heterocycles. The standard InChI is InChI=1S/C14H10F4N2O/c1-8-2-4-10(6-11(8)14(16,17)18)20-13(21)9-3-5-12(15)19-7-9/h2-7H,1H3,(H,20,21). The van der Waals surface area contributed by atoms with Gasteiger partial charge in [-0.05, 0) is 36.8 Å². The molecule has 0 aliphatic carbocycles. The van der Waals surface area contributed by atoms with Gasteiger partial charge in [0.15, 0.2) is 0 Å². The summed E-state index contributed by atoms with van der Waals surface area (Å²) in [7, 11) is 0. The Bertz CT molecular complexity index is 666. The first-order valence-electron chi connectivity index (χ1n) is 5.88. The van der Waals surface area contributed by atoms with Crippen molar-refractivity contribution in [3.8, 4) is 0 Å². The van der Waals surface area contributed by atoms with Gasteiger partial charge in [-0.15, -0.1) is 0 Å². The number of benzene rings is 1. The molecule has 21 heavy (non-hydrogen) atoms. The molecule has 110 valence electrons. The summed E-state index contributed by atoms with van der Waals surface area (Å²) < 4.78 is 50.9. The van der Waals surface area contributed by atoms with Gasteiger partial charge in [0, 0.05) is 11.9 Å². The smallest absolute Gasteiger partial charge is 0.322 e. The number of hydrogen-bond acceptors (Lipinski definition) is 2. The fourth-order valence-corrected chi connectivity index (χ4v) is 1.72. The number of carbonyl (C=O) groups is 1. The van der Waals surface area contributed by atoms with E-state index in [1.165, 1.54) is 25.1 Å². The lowest BCUT2D eigenvalue weighted by Crippen LogP contribution is -2.14. The van der Waals surface area contributed by atoms with Crippen LogP contribution in [0.3, 0.4) is 0 Å². The summed E-state index contributed by atoms with van der Waals surface area (Å²) in [5.41, 5.74) is -0.714. The van der Waals surface area contributed by atoms with Gasteiger partial charge in [-0.3, -0.25) is 4.79 Å². The summed E-state index contributed by atoms with van der Waals surface area (Å²) in [4.78, 5) is 15.1. The Labute approximate surface area is 117 Å². The predicted molar refractivity (Wildman–Crippen MR) is 68.3 cm³/mol. The van der Waals surface area contributed by atoms with E-state index in [1.54, 1.807) is 0 Å². The van der Waals surface area contributed by atoms with Crippen molar-refractivity contribution in [3.05, 3.63) is 59.2 Å². The van der Waals surface area contributed by atoms with Gasteiger partial charge in [0.2, 0.25) is 5.95 Å². The average Bonchev–Trinajstić information content (AvgIpc) is 2.40. The molecule has 0 unspecified atom stereocenters. The number of anilines is 1. The van der Waals surface area contributed by atoms with E-state index < -0.39 is 23.6 Å². The SMILES string of the molecule is Cc1ccc(NC(=O)c2ccc(F)nc2)cc1C(F)(F)F. The quantitative estimate of drug-likeness (QED) is 0.677. The molecule has 1 aromatic heterocycles. The maximum absolute atomic E-state index is 12.8. The van der Waals surface area contributed by atoms with Crippen LogP contribution >= 0.6 is 0 Å². The summed E-state index contributed by atoms with van der Waals surface area (Å²) in [5, 5.41) is 2.32. The van der Waals surface area contributed by atoms with Gasteiger partial charge in [-0.1, -0.05) is 6.07 Å². The molecule has 0 fully saturated rings. The van der Waals surface area contributed by atoms with Gasteiger partial charge in [0.1, 0.15) is 0 Å². The molecule has 0 aliphatic rings. The monoisotopic (exact) mass is 298 g/mol. The molecule has 0 aliphatic heterocycles. The third-order valence-corrected chi connectivity index (χ3v) is 2.79. The Morgan fingerprint density at radius 2 is 1.90 bits per heavy atom. The highest BCUT2D eigenvalue weighted by molar-refractivity contribution is 6.04. The van der Waals surface area contributed by atoms with Gasteiger partial charge in [-0.2, -0.15) is 17.6 Å². The number of aryl methyl sites for hydroxylation is 1. The van der Waals surface area contributed by atoms with Crippen molar-refractivity contribution >= 4 is 11.6 Å². The minimum Gasteiger partial charge on any atom is -0.322 e. The number of aromatic nitrogens is 1. The van der Waals surface area contributed by atoms with Crippen molar-refractivity contribution in [2.75, 3.05) is 5.32 Å². The number of nitrogens with zero attached hydrogens (tertiary/aromatic N) is 1. The molecule has 1 N–H and O–H groups in total. The summed E-state index contributed by atoms with van der Waals surface area (Å²) in [6, 6.07) is 5.66. The van der Waals surface area contributed by atoms with Crippen LogP contribution in [-0.4, -0.2) is 10.9 Å². The highest BCUT2D eigenvalue weighted by atomic mass is 19.4. The third kappa shape index (κ3) is 3.56. The Morgan fingerprint density at radius 3 is 2.48 bits per heavy atom. The fraction of sp³-hybridized carbons (Fsp3) is 0.143. The molecule has 1 amide bonds. The first kappa shape index (κ1) is 15.0. The molecule has 2 rings (SSSR count). The lowest BCUT2D eigenvalue weighted by atomic mass is 10.1. The number of amides is 1. The molecular weight excluding hydrogens is 288 g/mol. The maximum Gasteiger partial charge on any atom is 0.416 e. The molecule has 2 aromatic rings. The Kier molecular flexibility index (Phi) is 3.93. The van der Waals surface area contributed by atoms with Crippen molar-refractivity contribution in [1.29, 1.82) is 0 Å². The molecule has 0 saturated carbocycles. The van der Waals surface area contributed by atoms with E-state index >= 15 is 0 Å². The largest absolute Gasteiger partial charge is 0.416 e. The number of halogens is 4. The Morgan fingerprint density at radius 1 is 1.19 bits per heavy atom. The van der Waals surface area contributed by atoms with Gasteiger partial charge in [0.05, 0.1) is 11.1 Å². The molecule has 3 nitrogen and oxygen atoms in total. The zero-order valence-electron chi connectivity index (χ0n) is 10.8. The number of pyridine rings is 1. The third-order valence-electron chi connectivity index (χ3n) is 2.79. The molecule has 1 aromatic carbocycles. The van der Waals surface area contributed by atoms with Crippen LogP contribution in [0.25, 0.3) is 0 Å². The molecule has 7 heteroatoms. The normalized spacial score (nSPS) is 11.3. The molecular formula is C14H10F4N2O. The number of alkyl halides is 3. The number of hydrogen-bond donors (Lipinski definition) is 1. The first-order chi connectivity index (χ1) is 9.77. The van der Waals surface area contributed by atoms with Gasteiger partial charge in [-0.25, -0.2) is 4.98 Å². The molecule has 0 radical (unpaired) electrons. The van der Waals surface area contributed by atoms with Crippen molar-refractivity contribution in [3.63, 3.8) is 0 Å². The predicted octanol–water partition coefficient (Wildman–Crippen LogP) is 3.80. The highest BCUT2D eigenvalue weighted by Gasteiger charge is 2.32. The van der Waals surface area contributed by atoms with E-state index in [0.29, 0.717) is 0 Å². The van der Waals surface area contributed by atoms with Crippen LogP contribution in [-0.2, 0) is 6.18 Å². The summed E-state index contributed by atoms with van der Waals surface area (Å²) in [6.45, 7) is 1.33. The topological polar surface area (TPSA) is 42.0 Å². The Balaban J connectivity index is 2.24. The van der Waals surface area contributed by atoms with Crippen LogP contribution in [0.1, 0.15) is 21.5 Å². The summed E-state index contributed by atoms with van der Waals surface area (Å²) >= 11 is 0. The van der Waals surface area contributed by atoms with Crippen molar-refractivity contribution in [2.24, 2.45) is 0 Å². The zero-order chi connectivity index (χ0) is 15.6. The van der Waals surface area contributed by atoms with E-state index in [4.69, 9.17) is 0 Å². The first-order valence-corrected chi connectivity index (χ1v) is 5.88. The second-order valence-electron chi connectivity index (χ2n) is 4.35. The second kappa shape index (κ2) is 5.51. The average molecular weight is 298 g/mol. The minimum absolute atomic E-state index is 0.00208. The summed E-state index contributed by atoms with van der Waals surface area (Å²) in [6.07, 6.45) is -3.49. The number of nitrogens with one attached hydrogen (secondary N) is 1. The number of rotatable bonds is 2. The zero-order valence-corrected chi connectivity index (χ0v) is 10.8. The fourth-order valence-electron chi connectivity index (χ4n) is 1.72.